The number of fused-ring (bicyclic) bond motifs is 1. The second kappa shape index (κ2) is 8.01. The molecule has 144 valence electrons. The van der Waals surface area contributed by atoms with E-state index in [2.05, 4.69) is 15.6 Å². The minimum absolute atomic E-state index is 0.0127. The third kappa shape index (κ3) is 4.07. The van der Waals surface area contributed by atoms with E-state index >= 15 is 0 Å². The fourth-order valence-corrected chi connectivity index (χ4v) is 2.76. The molecule has 1 aromatic heterocycles. The summed E-state index contributed by atoms with van der Waals surface area (Å²) in [6.07, 6.45) is 1.71. The number of pyridine rings is 1. The number of nitro groups is 1. The first kappa shape index (κ1) is 19.2. The largest absolute Gasteiger partial charge is 0.338 e. The molecule has 1 aliphatic rings. The van der Waals surface area contributed by atoms with Crippen LogP contribution in [0.15, 0.2) is 36.5 Å². The van der Waals surface area contributed by atoms with Crippen LogP contribution in [0.4, 0.5) is 16.3 Å². The molecule has 11 heteroatoms. The highest BCUT2D eigenvalue weighted by Crippen LogP contribution is 2.26. The Morgan fingerprint density at radius 3 is 2.61 bits per heavy atom. The highest BCUT2D eigenvalue weighted by atomic mass is 35.5. The lowest BCUT2D eigenvalue weighted by molar-refractivity contribution is -0.384. The lowest BCUT2D eigenvalue weighted by Gasteiger charge is -2.14. The van der Waals surface area contributed by atoms with Gasteiger partial charge in [-0.2, -0.15) is 0 Å². The van der Waals surface area contributed by atoms with Crippen LogP contribution in [0.2, 0.25) is 5.02 Å². The third-order valence-electron chi connectivity index (χ3n) is 3.98. The van der Waals surface area contributed by atoms with E-state index in [1.807, 2.05) is 0 Å². The molecule has 0 fully saturated rings. The van der Waals surface area contributed by atoms with Gasteiger partial charge in [0.15, 0.2) is 0 Å². The van der Waals surface area contributed by atoms with Gasteiger partial charge < -0.3 is 5.32 Å². The fourth-order valence-electron chi connectivity index (χ4n) is 2.64. The van der Waals surface area contributed by atoms with Crippen LogP contribution in [0.1, 0.15) is 27.1 Å². The maximum absolute atomic E-state index is 12.3. The number of carbonyl (C=O) groups is 3. The van der Waals surface area contributed by atoms with Crippen LogP contribution >= 0.6 is 11.6 Å². The zero-order valence-corrected chi connectivity index (χ0v) is 15.1. The van der Waals surface area contributed by atoms with Gasteiger partial charge in [0.25, 0.3) is 17.5 Å². The number of non-ortho nitro benzene ring substituents is 1. The van der Waals surface area contributed by atoms with Crippen molar-refractivity contribution in [1.29, 1.82) is 0 Å². The monoisotopic (exact) mass is 403 g/mol. The number of benzene rings is 1. The summed E-state index contributed by atoms with van der Waals surface area (Å²) in [5.41, 5.74) is -0.107. The van der Waals surface area contributed by atoms with Crippen molar-refractivity contribution in [3.05, 3.63) is 62.8 Å². The molecule has 1 aromatic carbocycles. The van der Waals surface area contributed by atoms with Gasteiger partial charge in [-0.05, 0) is 24.6 Å². The number of nitrogens with zero attached hydrogens (tertiary/aromatic N) is 3. The molecule has 2 N–H and O–H groups in total. The Labute approximate surface area is 163 Å². The summed E-state index contributed by atoms with van der Waals surface area (Å²) in [6.45, 7) is 0.270. The van der Waals surface area contributed by atoms with E-state index < -0.39 is 22.8 Å². The number of imide groups is 1. The van der Waals surface area contributed by atoms with E-state index in [1.165, 1.54) is 18.3 Å². The van der Waals surface area contributed by atoms with Crippen molar-refractivity contribution < 1.29 is 19.3 Å². The molecular weight excluding hydrogens is 390 g/mol. The number of nitrogens with one attached hydrogen (secondary N) is 2. The number of hydrogen-bond donors (Lipinski definition) is 2. The summed E-state index contributed by atoms with van der Waals surface area (Å²) in [6, 6.07) is 6.19. The number of nitro benzene ring substituents is 1. The van der Waals surface area contributed by atoms with Gasteiger partial charge in [0.2, 0.25) is 0 Å². The fraction of sp³-hybridized carbons (Fsp3) is 0.176. The van der Waals surface area contributed by atoms with E-state index in [4.69, 9.17) is 11.6 Å². The molecule has 0 saturated carbocycles. The van der Waals surface area contributed by atoms with Crippen molar-refractivity contribution in [2.75, 3.05) is 18.4 Å². The predicted molar refractivity (Wildman–Crippen MR) is 99.3 cm³/mol. The summed E-state index contributed by atoms with van der Waals surface area (Å²) in [4.78, 5) is 51.6. The molecule has 2 heterocycles. The van der Waals surface area contributed by atoms with E-state index in [9.17, 15) is 24.5 Å². The Bertz CT molecular complexity index is 963. The number of carbonyl (C=O) groups excluding carboxylic acids is 3. The normalized spacial score (nSPS) is 12.7. The molecule has 0 atom stereocenters. The number of anilines is 1. The maximum atomic E-state index is 12.3. The van der Waals surface area contributed by atoms with Gasteiger partial charge in [-0.1, -0.05) is 11.6 Å². The molecule has 28 heavy (non-hydrogen) atoms. The average Bonchev–Trinajstić information content (AvgIpc) is 2.91. The number of aromatic nitrogens is 1. The molecule has 2 aromatic rings. The number of urea groups is 1. The maximum Gasteiger partial charge on any atom is 0.320 e. The molecule has 10 nitrogen and oxygen atoms in total. The Kier molecular flexibility index (Phi) is 5.50. The minimum atomic E-state index is -0.626. The molecule has 1 aliphatic heterocycles. The van der Waals surface area contributed by atoms with Crippen LogP contribution in [-0.2, 0) is 0 Å². The lowest BCUT2D eigenvalue weighted by atomic mass is 10.1. The van der Waals surface area contributed by atoms with E-state index in [0.29, 0.717) is 17.3 Å². The molecule has 0 bridgehead atoms. The number of amides is 4. The first-order valence-corrected chi connectivity index (χ1v) is 8.55. The van der Waals surface area contributed by atoms with E-state index in [-0.39, 0.29) is 29.9 Å². The topological polar surface area (TPSA) is 135 Å². The first-order chi connectivity index (χ1) is 13.4. The van der Waals surface area contributed by atoms with Crippen LogP contribution in [0.3, 0.4) is 0 Å². The van der Waals surface area contributed by atoms with Gasteiger partial charge >= 0.3 is 6.03 Å². The van der Waals surface area contributed by atoms with Crippen molar-refractivity contribution in [3.8, 4) is 0 Å². The zero-order chi connectivity index (χ0) is 20.3. The summed E-state index contributed by atoms with van der Waals surface area (Å²) >= 11 is 5.71. The Morgan fingerprint density at radius 1 is 1.18 bits per heavy atom. The Morgan fingerprint density at radius 2 is 1.93 bits per heavy atom. The second-order valence-electron chi connectivity index (χ2n) is 5.85. The summed E-state index contributed by atoms with van der Waals surface area (Å²) < 4.78 is 0. The van der Waals surface area contributed by atoms with Crippen molar-refractivity contribution in [1.82, 2.24) is 15.2 Å². The second-order valence-corrected chi connectivity index (χ2v) is 6.28. The van der Waals surface area contributed by atoms with E-state index in [1.54, 1.807) is 12.1 Å². The third-order valence-corrected chi connectivity index (χ3v) is 4.20. The molecule has 0 saturated heterocycles. The SMILES string of the molecule is O=C(NCCCN1C(=O)c2ccc([N+](=O)[O-])cc2C1=O)Nc1ccc(Cl)cn1. The molecule has 4 amide bonds. The van der Waals surface area contributed by atoms with Gasteiger partial charge in [-0.25, -0.2) is 9.78 Å². The quantitative estimate of drug-likeness (QED) is 0.329. The molecule has 0 aliphatic carbocycles. The summed E-state index contributed by atoms with van der Waals surface area (Å²) in [7, 11) is 0. The van der Waals surface area contributed by atoms with Crippen molar-refractivity contribution in [2.24, 2.45) is 0 Å². The smallest absolute Gasteiger partial charge is 0.320 e. The first-order valence-electron chi connectivity index (χ1n) is 8.18. The van der Waals surface area contributed by atoms with Crippen LogP contribution in [0.25, 0.3) is 0 Å². The van der Waals surface area contributed by atoms with Crippen molar-refractivity contribution in [2.45, 2.75) is 6.42 Å². The van der Waals surface area contributed by atoms with Crippen LogP contribution in [0.5, 0.6) is 0 Å². The highest BCUT2D eigenvalue weighted by molar-refractivity contribution is 6.30. The van der Waals surface area contributed by atoms with Gasteiger partial charge in [-0.15, -0.1) is 0 Å². The van der Waals surface area contributed by atoms with E-state index in [0.717, 1.165) is 11.0 Å². The number of halogens is 1. The Hall–Kier alpha value is -3.53. The summed E-state index contributed by atoms with van der Waals surface area (Å²) in [5.74, 6) is -0.771. The van der Waals surface area contributed by atoms with Crippen LogP contribution in [-0.4, -0.2) is 45.7 Å². The van der Waals surface area contributed by atoms with Gasteiger partial charge in [-0.3, -0.25) is 29.9 Å². The Balaban J connectivity index is 1.50. The van der Waals surface area contributed by atoms with Gasteiger partial charge in [0.05, 0.1) is 21.1 Å². The minimum Gasteiger partial charge on any atom is -0.338 e. The molecule has 0 spiro atoms. The highest BCUT2D eigenvalue weighted by Gasteiger charge is 2.36. The lowest BCUT2D eigenvalue weighted by Crippen LogP contribution is -2.35. The summed E-state index contributed by atoms with van der Waals surface area (Å²) in [5, 5.41) is 16.4. The van der Waals surface area contributed by atoms with Crippen molar-refractivity contribution in [3.63, 3.8) is 0 Å². The number of rotatable bonds is 6. The van der Waals surface area contributed by atoms with Gasteiger partial charge in [0.1, 0.15) is 5.82 Å². The van der Waals surface area contributed by atoms with Crippen LogP contribution < -0.4 is 10.6 Å². The molecule has 0 unspecified atom stereocenters. The van der Waals surface area contributed by atoms with Gasteiger partial charge in [0, 0.05) is 31.4 Å². The van der Waals surface area contributed by atoms with Crippen LogP contribution in [0, 0.1) is 10.1 Å². The average molecular weight is 404 g/mol. The molecule has 3 rings (SSSR count). The number of hydrogen-bond acceptors (Lipinski definition) is 6. The predicted octanol–water partition coefficient (Wildman–Crippen LogP) is 2.45. The molecular formula is C17H14ClN5O5. The zero-order valence-electron chi connectivity index (χ0n) is 14.3. The standard InChI is InChI=1S/C17H14ClN5O5/c18-10-2-5-14(20-9-10)21-17(26)19-6-1-7-22-15(24)12-4-3-11(23(27)28)8-13(12)16(22)25/h2-5,8-9H,1,6-7H2,(H2,19,20,21,26). The van der Waals surface area contributed by atoms with Crippen molar-refractivity contribution >= 4 is 41.0 Å². The molecule has 0 radical (unpaired) electrons.